The Morgan fingerprint density at radius 2 is 1.84 bits per heavy atom. The molecule has 0 spiro atoms. The lowest BCUT2D eigenvalue weighted by Gasteiger charge is -2.24. The van der Waals surface area contributed by atoms with E-state index in [-0.39, 0.29) is 10.5 Å². The average Bonchev–Trinajstić information content (AvgIpc) is 2.37. The van der Waals surface area contributed by atoms with Crippen molar-refractivity contribution in [1.82, 2.24) is 9.62 Å². The van der Waals surface area contributed by atoms with Crippen LogP contribution >= 0.6 is 0 Å². The van der Waals surface area contributed by atoms with Gasteiger partial charge in [0.2, 0.25) is 21.8 Å². The molecule has 0 aromatic heterocycles. The van der Waals surface area contributed by atoms with Crippen LogP contribution in [0.1, 0.15) is 5.56 Å². The van der Waals surface area contributed by atoms with Crippen LogP contribution in [0.2, 0.25) is 0 Å². The van der Waals surface area contributed by atoms with Gasteiger partial charge < -0.3 is 0 Å². The Labute approximate surface area is 109 Å². The fourth-order valence-corrected chi connectivity index (χ4v) is 3.05. The smallest absolute Gasteiger partial charge is 0.244 e. The number of benzene rings is 1. The molecule has 0 aliphatic carbocycles. The highest BCUT2D eigenvalue weighted by Gasteiger charge is 2.32. The summed E-state index contributed by atoms with van der Waals surface area (Å²) in [4.78, 5) is 22.3. The normalized spacial score (nSPS) is 16.8. The van der Waals surface area contributed by atoms with Crippen molar-refractivity contribution in [3.8, 4) is 6.07 Å². The summed E-state index contributed by atoms with van der Waals surface area (Å²) < 4.78 is 25.2. The highest BCUT2D eigenvalue weighted by atomic mass is 32.2. The van der Waals surface area contributed by atoms with E-state index < -0.39 is 34.9 Å². The van der Waals surface area contributed by atoms with Gasteiger partial charge >= 0.3 is 0 Å². The average molecular weight is 279 g/mol. The Morgan fingerprint density at radius 3 is 2.42 bits per heavy atom. The third-order valence-corrected chi connectivity index (χ3v) is 4.31. The zero-order chi connectivity index (χ0) is 14.0. The van der Waals surface area contributed by atoms with E-state index in [1.807, 2.05) is 11.4 Å². The molecule has 1 fully saturated rings. The molecule has 1 N–H and O–H groups in total. The lowest BCUT2D eigenvalue weighted by Crippen LogP contribution is -2.53. The first-order valence-corrected chi connectivity index (χ1v) is 6.70. The predicted octanol–water partition coefficient (Wildman–Crippen LogP) is -0.795. The molecule has 1 aliphatic rings. The third-order valence-electron chi connectivity index (χ3n) is 2.52. The molecule has 0 saturated carbocycles. The summed E-state index contributed by atoms with van der Waals surface area (Å²) in [6, 6.07) is 7.24. The summed E-state index contributed by atoms with van der Waals surface area (Å²) in [6.45, 7) is -0.824. The largest absolute Gasteiger partial charge is 0.294 e. The number of hydrogen-bond donors (Lipinski definition) is 1. The fourth-order valence-electron chi connectivity index (χ4n) is 1.66. The minimum absolute atomic E-state index is 0.117. The minimum atomic E-state index is -3.96. The molecule has 1 aromatic rings. The van der Waals surface area contributed by atoms with E-state index in [1.165, 1.54) is 24.3 Å². The van der Waals surface area contributed by atoms with Crippen LogP contribution in [0.5, 0.6) is 0 Å². The summed E-state index contributed by atoms with van der Waals surface area (Å²) in [5, 5.41) is 10.8. The molecule has 1 saturated heterocycles. The molecule has 1 heterocycles. The molecule has 0 atom stereocenters. The molecule has 0 unspecified atom stereocenters. The second-order valence-corrected chi connectivity index (χ2v) is 5.82. The van der Waals surface area contributed by atoms with Gasteiger partial charge in [0.05, 0.1) is 29.6 Å². The molecule has 7 nitrogen and oxygen atoms in total. The van der Waals surface area contributed by atoms with E-state index in [4.69, 9.17) is 5.26 Å². The number of imide groups is 1. The first-order valence-electron chi connectivity index (χ1n) is 5.26. The number of nitrogens with one attached hydrogen (secondary N) is 1. The van der Waals surface area contributed by atoms with Crippen molar-refractivity contribution in [3.05, 3.63) is 29.8 Å². The van der Waals surface area contributed by atoms with Crippen LogP contribution in [0, 0.1) is 11.3 Å². The Bertz CT molecular complexity index is 674. The van der Waals surface area contributed by atoms with Crippen LogP contribution in [0.4, 0.5) is 0 Å². The number of nitriles is 1. The summed E-state index contributed by atoms with van der Waals surface area (Å²) in [5.74, 6) is -1.34. The van der Waals surface area contributed by atoms with E-state index in [2.05, 4.69) is 0 Å². The molecule has 8 heteroatoms. The minimum Gasteiger partial charge on any atom is -0.294 e. The van der Waals surface area contributed by atoms with Gasteiger partial charge in [0.25, 0.3) is 0 Å². The van der Waals surface area contributed by atoms with Crippen molar-refractivity contribution in [3.63, 3.8) is 0 Å². The van der Waals surface area contributed by atoms with E-state index in [9.17, 15) is 18.0 Å². The van der Waals surface area contributed by atoms with E-state index >= 15 is 0 Å². The highest BCUT2D eigenvalue weighted by molar-refractivity contribution is 7.89. The number of amides is 2. The molecular weight excluding hydrogens is 270 g/mol. The lowest BCUT2D eigenvalue weighted by atomic mass is 10.2. The molecule has 0 radical (unpaired) electrons. The summed E-state index contributed by atoms with van der Waals surface area (Å²) >= 11 is 0. The van der Waals surface area contributed by atoms with Crippen molar-refractivity contribution in [2.24, 2.45) is 0 Å². The molecule has 2 amide bonds. The fraction of sp³-hybridized carbons (Fsp3) is 0.182. The second kappa shape index (κ2) is 4.79. The van der Waals surface area contributed by atoms with Crippen molar-refractivity contribution < 1.29 is 18.0 Å². The summed E-state index contributed by atoms with van der Waals surface area (Å²) in [6.07, 6.45) is 0. The Hall–Kier alpha value is -2.24. The molecule has 1 aromatic carbocycles. The van der Waals surface area contributed by atoms with E-state index in [1.54, 1.807) is 0 Å². The van der Waals surface area contributed by atoms with Gasteiger partial charge in [0.1, 0.15) is 0 Å². The highest BCUT2D eigenvalue weighted by Crippen LogP contribution is 2.17. The van der Waals surface area contributed by atoms with Gasteiger partial charge in [-0.15, -0.1) is 0 Å². The Balaban J connectivity index is 2.39. The standard InChI is InChI=1S/C11H9N3O4S/c12-5-8-2-1-3-9(4-8)19(17,18)14-6-10(15)13-11(16)7-14/h1-4H,6-7H2,(H,13,15,16). The predicted molar refractivity (Wildman–Crippen MR) is 63.1 cm³/mol. The van der Waals surface area contributed by atoms with Crippen molar-refractivity contribution in [2.75, 3.05) is 13.1 Å². The molecule has 98 valence electrons. The maximum atomic E-state index is 12.2. The Morgan fingerprint density at radius 1 is 1.21 bits per heavy atom. The lowest BCUT2D eigenvalue weighted by molar-refractivity contribution is -0.134. The Kier molecular flexibility index (Phi) is 3.33. The van der Waals surface area contributed by atoms with Crippen molar-refractivity contribution >= 4 is 21.8 Å². The third kappa shape index (κ3) is 2.62. The van der Waals surface area contributed by atoms with Crippen LogP contribution in [0.15, 0.2) is 29.2 Å². The molecule has 1 aliphatic heterocycles. The quantitative estimate of drug-likeness (QED) is 0.713. The number of piperazine rings is 1. The van der Waals surface area contributed by atoms with Gasteiger partial charge in [-0.25, -0.2) is 8.42 Å². The summed E-state index contributed by atoms with van der Waals surface area (Å²) in [5.41, 5.74) is 0.189. The van der Waals surface area contributed by atoms with E-state index in [0.29, 0.717) is 0 Å². The zero-order valence-electron chi connectivity index (χ0n) is 9.66. The molecule has 19 heavy (non-hydrogen) atoms. The van der Waals surface area contributed by atoms with E-state index in [0.717, 1.165) is 4.31 Å². The number of hydrogen-bond acceptors (Lipinski definition) is 5. The van der Waals surface area contributed by atoms with Crippen molar-refractivity contribution in [1.29, 1.82) is 5.26 Å². The molecule has 2 rings (SSSR count). The number of nitrogens with zero attached hydrogens (tertiary/aromatic N) is 2. The second-order valence-electron chi connectivity index (χ2n) is 3.88. The topological polar surface area (TPSA) is 107 Å². The van der Waals surface area contributed by atoms with Gasteiger partial charge in [0.15, 0.2) is 0 Å². The molecular formula is C11H9N3O4S. The van der Waals surface area contributed by atoms with Gasteiger partial charge in [-0.05, 0) is 18.2 Å². The van der Waals surface area contributed by atoms with Crippen LogP contribution in [-0.2, 0) is 19.6 Å². The number of rotatable bonds is 2. The maximum Gasteiger partial charge on any atom is 0.244 e. The zero-order valence-corrected chi connectivity index (χ0v) is 10.5. The van der Waals surface area contributed by atoms with Gasteiger partial charge in [-0.3, -0.25) is 14.9 Å². The number of sulfonamides is 1. The maximum absolute atomic E-state index is 12.2. The van der Waals surface area contributed by atoms with Crippen LogP contribution in [0.25, 0.3) is 0 Å². The van der Waals surface area contributed by atoms with Gasteiger partial charge in [-0.1, -0.05) is 6.07 Å². The van der Waals surface area contributed by atoms with Crippen molar-refractivity contribution in [2.45, 2.75) is 4.90 Å². The van der Waals surface area contributed by atoms with Crippen LogP contribution in [-0.4, -0.2) is 37.6 Å². The van der Waals surface area contributed by atoms with Gasteiger partial charge in [-0.2, -0.15) is 9.57 Å². The SMILES string of the molecule is N#Cc1cccc(S(=O)(=O)N2CC(=O)NC(=O)C2)c1. The monoisotopic (exact) mass is 279 g/mol. The van der Waals surface area contributed by atoms with Crippen LogP contribution in [0.3, 0.4) is 0 Å². The first kappa shape index (κ1) is 13.2. The van der Waals surface area contributed by atoms with Crippen LogP contribution < -0.4 is 5.32 Å². The van der Waals surface area contributed by atoms with Gasteiger partial charge in [0, 0.05) is 0 Å². The molecule has 0 bridgehead atoms. The first-order chi connectivity index (χ1) is 8.93. The number of carbonyl (C=O) groups excluding carboxylic acids is 2. The summed E-state index contributed by atoms with van der Waals surface area (Å²) in [7, 11) is -3.96. The number of carbonyl (C=O) groups is 2.